The number of nitrogens with one attached hydrogen (secondary N) is 1. The first kappa shape index (κ1) is 17.3. The number of amides is 1. The van der Waals surface area contributed by atoms with Gasteiger partial charge in [0.05, 0.1) is 0 Å². The molecular weight excluding hydrogens is 297 g/mol. The van der Waals surface area contributed by atoms with Gasteiger partial charge in [-0.3, -0.25) is 4.79 Å². The van der Waals surface area contributed by atoms with E-state index < -0.39 is 0 Å². The van der Waals surface area contributed by atoms with Gasteiger partial charge in [-0.25, -0.2) is 4.39 Å². The van der Waals surface area contributed by atoms with Gasteiger partial charge in [0.2, 0.25) is 5.91 Å². The molecule has 1 N–H and O–H groups in total. The maximum Gasteiger partial charge on any atom is 0.221 e. The lowest BCUT2D eigenvalue weighted by Crippen LogP contribution is -2.35. The third kappa shape index (κ3) is 6.39. The number of hydrogen-bond donors (Lipinski definition) is 1. The number of carbonyl (C=O) groups excluding carboxylic acids is 1. The van der Waals surface area contributed by atoms with Gasteiger partial charge >= 0.3 is 0 Å². The maximum absolute atomic E-state index is 13.5. The molecule has 2 rings (SSSR count). The molecule has 22 heavy (non-hydrogen) atoms. The van der Waals surface area contributed by atoms with Crippen molar-refractivity contribution in [1.29, 1.82) is 0 Å². The summed E-state index contributed by atoms with van der Waals surface area (Å²) in [6.07, 6.45) is 9.15. The summed E-state index contributed by atoms with van der Waals surface area (Å²) in [5.41, 5.74) is 0.716. The summed E-state index contributed by atoms with van der Waals surface area (Å²) in [7, 11) is 0. The number of carbonyl (C=O) groups is 1. The molecule has 4 heteroatoms. The molecule has 1 aromatic carbocycles. The second-order valence-corrected chi connectivity index (χ2v) is 7.11. The minimum Gasteiger partial charge on any atom is -0.353 e. The van der Waals surface area contributed by atoms with Crippen LogP contribution >= 0.6 is 11.8 Å². The molecule has 0 aliphatic heterocycles. The van der Waals surface area contributed by atoms with E-state index >= 15 is 0 Å². The van der Waals surface area contributed by atoms with E-state index in [0.717, 1.165) is 18.6 Å². The lowest BCUT2D eigenvalue weighted by molar-refractivity contribution is -0.121. The molecule has 1 aliphatic rings. The molecule has 122 valence electrons. The van der Waals surface area contributed by atoms with E-state index in [2.05, 4.69) is 5.32 Å². The van der Waals surface area contributed by atoms with Crippen molar-refractivity contribution in [2.75, 3.05) is 5.75 Å². The Morgan fingerprint density at radius 3 is 2.55 bits per heavy atom. The monoisotopic (exact) mass is 323 g/mol. The van der Waals surface area contributed by atoms with Crippen LogP contribution in [-0.4, -0.2) is 17.7 Å². The van der Waals surface area contributed by atoms with Gasteiger partial charge in [-0.05, 0) is 24.5 Å². The van der Waals surface area contributed by atoms with Gasteiger partial charge < -0.3 is 5.32 Å². The Balaban J connectivity index is 1.62. The molecule has 0 heterocycles. The average molecular weight is 323 g/mol. The van der Waals surface area contributed by atoms with Gasteiger partial charge in [0.1, 0.15) is 5.82 Å². The molecule has 0 atom stereocenters. The molecule has 1 fully saturated rings. The molecule has 0 radical (unpaired) electrons. The van der Waals surface area contributed by atoms with Gasteiger partial charge in [0, 0.05) is 24.0 Å². The molecule has 0 spiro atoms. The van der Waals surface area contributed by atoms with Crippen molar-refractivity contribution >= 4 is 17.7 Å². The highest BCUT2D eigenvalue weighted by Gasteiger charge is 2.13. The molecule has 0 aromatic heterocycles. The van der Waals surface area contributed by atoms with Crippen molar-refractivity contribution in [2.24, 2.45) is 0 Å². The Labute approximate surface area is 137 Å². The van der Waals surface area contributed by atoms with Crippen molar-refractivity contribution in [3.63, 3.8) is 0 Å². The lowest BCUT2D eigenvalue weighted by atomic mass is 9.97. The molecule has 1 saturated carbocycles. The summed E-state index contributed by atoms with van der Waals surface area (Å²) in [4.78, 5) is 12.0. The SMILES string of the molecule is O=C(CCSCc1ccccc1F)NC1CCCCCCC1. The first-order valence-electron chi connectivity index (χ1n) is 8.36. The lowest BCUT2D eigenvalue weighted by Gasteiger charge is -2.21. The van der Waals surface area contributed by atoms with E-state index in [1.54, 1.807) is 23.9 Å². The molecule has 1 aromatic rings. The molecule has 1 aliphatic carbocycles. The minimum atomic E-state index is -0.158. The van der Waals surface area contributed by atoms with Crippen LogP contribution in [0.2, 0.25) is 0 Å². The van der Waals surface area contributed by atoms with Crippen LogP contribution in [0, 0.1) is 5.82 Å². The summed E-state index contributed by atoms with van der Waals surface area (Å²) < 4.78 is 13.5. The summed E-state index contributed by atoms with van der Waals surface area (Å²) in [6, 6.07) is 7.20. The Kier molecular flexibility index (Phi) is 7.78. The number of halogens is 1. The fraction of sp³-hybridized carbons (Fsp3) is 0.611. The van der Waals surface area contributed by atoms with E-state index in [4.69, 9.17) is 0 Å². The summed E-state index contributed by atoms with van der Waals surface area (Å²) in [5, 5.41) is 3.17. The van der Waals surface area contributed by atoms with Gasteiger partial charge in [-0.15, -0.1) is 0 Å². The van der Waals surface area contributed by atoms with Crippen molar-refractivity contribution in [3.8, 4) is 0 Å². The molecular formula is C18H26FNOS. The number of rotatable bonds is 6. The molecule has 0 unspecified atom stereocenters. The van der Waals surface area contributed by atoms with Crippen LogP contribution in [0.4, 0.5) is 4.39 Å². The number of benzene rings is 1. The normalized spacial score (nSPS) is 16.8. The van der Waals surface area contributed by atoms with E-state index in [1.165, 1.54) is 38.2 Å². The number of hydrogen-bond acceptors (Lipinski definition) is 2. The van der Waals surface area contributed by atoms with Gasteiger partial charge in [-0.1, -0.05) is 50.3 Å². The Morgan fingerprint density at radius 2 is 1.82 bits per heavy atom. The smallest absolute Gasteiger partial charge is 0.221 e. The predicted molar refractivity (Wildman–Crippen MR) is 91.4 cm³/mol. The third-order valence-electron chi connectivity index (χ3n) is 4.16. The van der Waals surface area contributed by atoms with E-state index in [-0.39, 0.29) is 11.7 Å². The first-order valence-corrected chi connectivity index (χ1v) is 9.51. The Hall–Kier alpha value is -1.03. The Bertz CT molecular complexity index is 458. The van der Waals surface area contributed by atoms with Gasteiger partial charge in [0.25, 0.3) is 0 Å². The van der Waals surface area contributed by atoms with Gasteiger partial charge in [0.15, 0.2) is 0 Å². The third-order valence-corrected chi connectivity index (χ3v) is 5.17. The zero-order valence-electron chi connectivity index (χ0n) is 13.2. The largest absolute Gasteiger partial charge is 0.353 e. The zero-order valence-corrected chi connectivity index (χ0v) is 14.0. The Morgan fingerprint density at radius 1 is 1.14 bits per heavy atom. The van der Waals surface area contributed by atoms with Crippen LogP contribution in [-0.2, 0) is 10.5 Å². The average Bonchev–Trinajstić information content (AvgIpc) is 2.48. The topological polar surface area (TPSA) is 29.1 Å². The highest BCUT2D eigenvalue weighted by Crippen LogP contribution is 2.18. The van der Waals surface area contributed by atoms with Gasteiger partial charge in [-0.2, -0.15) is 11.8 Å². The predicted octanol–water partition coefficient (Wildman–Crippen LogP) is 4.68. The van der Waals surface area contributed by atoms with Crippen LogP contribution in [0.25, 0.3) is 0 Å². The maximum atomic E-state index is 13.5. The first-order chi connectivity index (χ1) is 10.8. The van der Waals surface area contributed by atoms with Crippen molar-refractivity contribution in [3.05, 3.63) is 35.6 Å². The van der Waals surface area contributed by atoms with Crippen molar-refractivity contribution in [1.82, 2.24) is 5.32 Å². The van der Waals surface area contributed by atoms with Crippen LogP contribution in [0.3, 0.4) is 0 Å². The highest BCUT2D eigenvalue weighted by atomic mass is 32.2. The summed E-state index contributed by atoms with van der Waals surface area (Å²) >= 11 is 1.62. The summed E-state index contributed by atoms with van der Waals surface area (Å²) in [5.74, 6) is 1.36. The molecule has 2 nitrogen and oxygen atoms in total. The van der Waals surface area contributed by atoms with E-state index in [0.29, 0.717) is 23.8 Å². The minimum absolute atomic E-state index is 0.145. The van der Waals surface area contributed by atoms with Crippen LogP contribution in [0.15, 0.2) is 24.3 Å². The standard InChI is InChI=1S/C18H26FNOS/c19-17-11-7-6-8-15(17)14-22-13-12-18(21)20-16-9-4-2-1-3-5-10-16/h6-8,11,16H,1-5,9-10,12-14H2,(H,20,21). The molecule has 1 amide bonds. The van der Waals surface area contributed by atoms with Crippen LogP contribution < -0.4 is 5.32 Å². The highest BCUT2D eigenvalue weighted by molar-refractivity contribution is 7.98. The van der Waals surface area contributed by atoms with Crippen molar-refractivity contribution in [2.45, 2.75) is 63.2 Å². The zero-order chi connectivity index (χ0) is 15.6. The second-order valence-electron chi connectivity index (χ2n) is 6.00. The fourth-order valence-electron chi connectivity index (χ4n) is 2.86. The van der Waals surface area contributed by atoms with Crippen LogP contribution in [0.1, 0.15) is 56.9 Å². The molecule has 0 saturated heterocycles. The van der Waals surface area contributed by atoms with E-state index in [9.17, 15) is 9.18 Å². The van der Waals surface area contributed by atoms with Crippen molar-refractivity contribution < 1.29 is 9.18 Å². The number of thioether (sulfide) groups is 1. The van der Waals surface area contributed by atoms with E-state index in [1.807, 2.05) is 6.07 Å². The molecule has 0 bridgehead atoms. The van der Waals surface area contributed by atoms with Crippen LogP contribution in [0.5, 0.6) is 0 Å². The summed E-state index contributed by atoms with van der Waals surface area (Å²) in [6.45, 7) is 0. The second kappa shape index (κ2) is 9.88. The fourth-order valence-corrected chi connectivity index (χ4v) is 3.79. The quantitative estimate of drug-likeness (QED) is 0.770.